The number of likely N-dealkylation sites (tertiary alicyclic amines) is 1. The van der Waals surface area contributed by atoms with Crippen LogP contribution in [0.5, 0.6) is 0 Å². The molecule has 0 aromatic heterocycles. The zero-order valence-corrected chi connectivity index (χ0v) is 10.6. The molecule has 1 heterocycles. The molecule has 1 rings (SSSR count). The summed E-state index contributed by atoms with van der Waals surface area (Å²) in [6.07, 6.45) is 1.08. The lowest BCUT2D eigenvalue weighted by atomic mass is 10.2. The summed E-state index contributed by atoms with van der Waals surface area (Å²) >= 11 is 5.83. The van der Waals surface area contributed by atoms with E-state index in [0.29, 0.717) is 25.9 Å². The Morgan fingerprint density at radius 2 is 2.33 bits per heavy atom. The zero-order chi connectivity index (χ0) is 13.7. The largest absolute Gasteiger partial charge is 0.480 e. The Labute approximate surface area is 110 Å². The maximum atomic E-state index is 11.4. The maximum absolute atomic E-state index is 11.4. The third kappa shape index (κ3) is 4.15. The molecular formula is C10H17ClN4O3. The minimum atomic E-state index is -1.04. The lowest BCUT2D eigenvalue weighted by Gasteiger charge is -2.14. The van der Waals surface area contributed by atoms with Crippen molar-refractivity contribution < 1.29 is 14.7 Å². The van der Waals surface area contributed by atoms with Gasteiger partial charge in [0.1, 0.15) is 6.04 Å². The predicted molar refractivity (Wildman–Crippen MR) is 67.3 cm³/mol. The number of carbonyl (C=O) groups is 2. The fourth-order valence-corrected chi connectivity index (χ4v) is 1.87. The Hall–Kier alpha value is -1.34. The first-order valence-corrected chi connectivity index (χ1v) is 6.08. The monoisotopic (exact) mass is 276 g/mol. The minimum Gasteiger partial charge on any atom is -0.480 e. The molecule has 102 valence electrons. The molecule has 0 aromatic carbocycles. The normalized spacial score (nSPS) is 22.3. The fourth-order valence-electron chi connectivity index (χ4n) is 1.60. The van der Waals surface area contributed by atoms with Crippen molar-refractivity contribution in [1.29, 1.82) is 0 Å². The van der Waals surface area contributed by atoms with Crippen LogP contribution in [0.4, 0.5) is 0 Å². The van der Waals surface area contributed by atoms with Crippen LogP contribution in [0.1, 0.15) is 19.3 Å². The van der Waals surface area contributed by atoms with Gasteiger partial charge in [0.2, 0.25) is 5.91 Å². The number of aliphatic imine (C=N–C) groups is 1. The van der Waals surface area contributed by atoms with E-state index in [1.54, 1.807) is 0 Å². The number of guanidine groups is 1. The SMILES string of the molecule is NC(=NCCCC(N)C(=O)O)N1CC(Cl)CC1=O. The summed E-state index contributed by atoms with van der Waals surface area (Å²) in [7, 11) is 0. The van der Waals surface area contributed by atoms with Crippen LogP contribution in [-0.2, 0) is 9.59 Å². The third-order valence-corrected chi connectivity index (χ3v) is 2.91. The van der Waals surface area contributed by atoms with E-state index in [9.17, 15) is 9.59 Å². The van der Waals surface area contributed by atoms with E-state index < -0.39 is 12.0 Å². The number of nitrogens with two attached hydrogens (primary N) is 2. The van der Waals surface area contributed by atoms with E-state index in [1.165, 1.54) is 4.90 Å². The van der Waals surface area contributed by atoms with Gasteiger partial charge in [0.05, 0.1) is 5.38 Å². The number of carboxylic acid groups (broad SMARTS) is 1. The minimum absolute atomic E-state index is 0.132. The van der Waals surface area contributed by atoms with Gasteiger partial charge in [-0.25, -0.2) is 0 Å². The zero-order valence-electron chi connectivity index (χ0n) is 9.88. The van der Waals surface area contributed by atoms with Gasteiger partial charge in [0.25, 0.3) is 0 Å². The van der Waals surface area contributed by atoms with E-state index in [-0.39, 0.29) is 23.7 Å². The molecule has 1 saturated heterocycles. The first-order valence-electron chi connectivity index (χ1n) is 5.64. The number of carbonyl (C=O) groups excluding carboxylic acids is 1. The van der Waals surface area contributed by atoms with Gasteiger partial charge < -0.3 is 16.6 Å². The van der Waals surface area contributed by atoms with Crippen LogP contribution >= 0.6 is 11.6 Å². The van der Waals surface area contributed by atoms with Gasteiger partial charge in [-0.2, -0.15) is 0 Å². The number of nitrogens with zero attached hydrogens (tertiary/aromatic N) is 2. The Morgan fingerprint density at radius 3 is 2.83 bits per heavy atom. The second-order valence-corrected chi connectivity index (χ2v) is 4.75. The van der Waals surface area contributed by atoms with Crippen molar-refractivity contribution >= 4 is 29.4 Å². The van der Waals surface area contributed by atoms with Crippen molar-refractivity contribution in [3.63, 3.8) is 0 Å². The highest BCUT2D eigenvalue weighted by molar-refractivity contribution is 6.23. The number of halogens is 1. The summed E-state index contributed by atoms with van der Waals surface area (Å²) in [5.41, 5.74) is 11.0. The molecule has 0 aromatic rings. The molecule has 0 saturated carbocycles. The Bertz CT molecular complexity index is 361. The lowest BCUT2D eigenvalue weighted by Crippen LogP contribution is -2.38. The highest BCUT2D eigenvalue weighted by atomic mass is 35.5. The van der Waals surface area contributed by atoms with E-state index >= 15 is 0 Å². The number of amides is 1. The van der Waals surface area contributed by atoms with Crippen molar-refractivity contribution in [1.82, 2.24) is 4.90 Å². The average molecular weight is 277 g/mol. The molecule has 0 radical (unpaired) electrons. The molecule has 2 atom stereocenters. The smallest absolute Gasteiger partial charge is 0.320 e. The van der Waals surface area contributed by atoms with E-state index in [0.717, 1.165) is 0 Å². The lowest BCUT2D eigenvalue weighted by molar-refractivity contribution is -0.138. The molecule has 1 aliphatic rings. The average Bonchev–Trinajstić information content (AvgIpc) is 2.63. The van der Waals surface area contributed by atoms with E-state index in [4.69, 9.17) is 28.2 Å². The van der Waals surface area contributed by atoms with Crippen molar-refractivity contribution in [2.45, 2.75) is 30.7 Å². The van der Waals surface area contributed by atoms with Crippen molar-refractivity contribution in [3.05, 3.63) is 0 Å². The first kappa shape index (κ1) is 14.7. The second-order valence-electron chi connectivity index (χ2n) is 4.13. The van der Waals surface area contributed by atoms with Crippen LogP contribution < -0.4 is 11.5 Å². The Kier molecular flexibility index (Phi) is 5.36. The summed E-state index contributed by atoms with van der Waals surface area (Å²) in [5, 5.41) is 8.34. The van der Waals surface area contributed by atoms with Gasteiger partial charge in [0, 0.05) is 19.5 Å². The number of alkyl halides is 1. The Balaban J connectivity index is 2.34. The highest BCUT2D eigenvalue weighted by Gasteiger charge is 2.30. The molecule has 0 bridgehead atoms. The van der Waals surface area contributed by atoms with Crippen LogP contribution in [-0.4, -0.2) is 52.4 Å². The summed E-state index contributed by atoms with van der Waals surface area (Å²) in [5.74, 6) is -1.04. The van der Waals surface area contributed by atoms with Crippen molar-refractivity contribution in [2.24, 2.45) is 16.5 Å². The molecule has 18 heavy (non-hydrogen) atoms. The summed E-state index contributed by atoms with van der Waals surface area (Å²) < 4.78 is 0. The molecule has 5 N–H and O–H groups in total. The van der Waals surface area contributed by atoms with Gasteiger partial charge >= 0.3 is 5.97 Å². The van der Waals surface area contributed by atoms with Crippen LogP contribution in [0, 0.1) is 0 Å². The topological polar surface area (TPSA) is 122 Å². The van der Waals surface area contributed by atoms with E-state index in [2.05, 4.69) is 4.99 Å². The third-order valence-electron chi connectivity index (χ3n) is 2.62. The summed E-state index contributed by atoms with van der Waals surface area (Å²) in [6, 6.07) is -0.887. The first-order chi connectivity index (χ1) is 8.41. The van der Waals surface area contributed by atoms with Gasteiger partial charge in [-0.1, -0.05) is 0 Å². The number of carboxylic acids is 1. The van der Waals surface area contributed by atoms with Gasteiger partial charge in [-0.05, 0) is 12.8 Å². The standard InChI is InChI=1S/C10H17ClN4O3/c11-6-4-8(16)15(5-6)10(13)14-3-1-2-7(12)9(17)18/h6-7H,1-5,12H2,(H2,13,14)(H,17,18). The molecule has 0 spiro atoms. The molecular weight excluding hydrogens is 260 g/mol. The molecule has 2 unspecified atom stereocenters. The molecule has 1 aliphatic heterocycles. The maximum Gasteiger partial charge on any atom is 0.320 e. The molecule has 0 aliphatic carbocycles. The highest BCUT2D eigenvalue weighted by Crippen LogP contribution is 2.15. The van der Waals surface area contributed by atoms with E-state index in [1.807, 2.05) is 0 Å². The van der Waals surface area contributed by atoms with Crippen LogP contribution in [0.2, 0.25) is 0 Å². The number of hydrogen-bond acceptors (Lipinski definition) is 4. The summed E-state index contributed by atoms with van der Waals surface area (Å²) in [4.78, 5) is 27.3. The van der Waals surface area contributed by atoms with Crippen molar-refractivity contribution in [2.75, 3.05) is 13.1 Å². The van der Waals surface area contributed by atoms with Crippen LogP contribution in [0.25, 0.3) is 0 Å². The molecule has 1 amide bonds. The van der Waals surface area contributed by atoms with Gasteiger partial charge in [0.15, 0.2) is 5.96 Å². The summed E-state index contributed by atoms with van der Waals surface area (Å²) in [6.45, 7) is 0.702. The number of hydrogen-bond donors (Lipinski definition) is 3. The van der Waals surface area contributed by atoms with Gasteiger partial charge in [-0.15, -0.1) is 11.6 Å². The number of rotatable bonds is 5. The molecule has 1 fully saturated rings. The van der Waals surface area contributed by atoms with Crippen LogP contribution in [0.3, 0.4) is 0 Å². The fraction of sp³-hybridized carbons (Fsp3) is 0.700. The van der Waals surface area contributed by atoms with Crippen molar-refractivity contribution in [3.8, 4) is 0 Å². The predicted octanol–water partition coefficient (Wildman–Crippen LogP) is -0.667. The number of aliphatic carboxylic acids is 1. The second kappa shape index (κ2) is 6.55. The molecule has 7 nitrogen and oxygen atoms in total. The Morgan fingerprint density at radius 1 is 1.67 bits per heavy atom. The van der Waals surface area contributed by atoms with Gasteiger partial charge in [-0.3, -0.25) is 19.5 Å². The quantitative estimate of drug-likeness (QED) is 0.266. The molecule has 8 heteroatoms. The van der Waals surface area contributed by atoms with Crippen LogP contribution in [0.15, 0.2) is 4.99 Å².